The molecule has 0 spiro atoms. The van der Waals surface area contributed by atoms with E-state index in [4.69, 9.17) is 4.74 Å². The van der Waals surface area contributed by atoms with Gasteiger partial charge < -0.3 is 20.5 Å². The van der Waals surface area contributed by atoms with Gasteiger partial charge in [-0.25, -0.2) is 4.79 Å². The standard InChI is InChI=1S/C27H34N2O5/c1-4-5-14-24(25(30)28-15-22(17(2)3)26(31)32)29-27(33)34-16-23-20-12-8-6-10-18(20)19-11-7-9-13-21(19)23/h6-13,17,22-24H,4-5,14-16H2,1-3H3,(H,28,30)(H,29,33)(H,31,32). The minimum atomic E-state index is -0.954. The van der Waals surface area contributed by atoms with Crippen molar-refractivity contribution in [1.29, 1.82) is 0 Å². The molecule has 2 aromatic carbocycles. The van der Waals surface area contributed by atoms with Crippen LogP contribution in [0.3, 0.4) is 0 Å². The first-order valence-electron chi connectivity index (χ1n) is 12.0. The number of unbranched alkanes of at least 4 members (excludes halogenated alkanes) is 1. The van der Waals surface area contributed by atoms with Crippen molar-refractivity contribution in [2.75, 3.05) is 13.2 Å². The van der Waals surface area contributed by atoms with Crippen molar-refractivity contribution in [3.63, 3.8) is 0 Å². The summed E-state index contributed by atoms with van der Waals surface area (Å²) in [6, 6.07) is 15.4. The lowest BCUT2D eigenvalue weighted by molar-refractivity contribution is -0.143. The number of carboxylic acid groups (broad SMARTS) is 1. The third-order valence-electron chi connectivity index (χ3n) is 6.42. The van der Waals surface area contributed by atoms with Gasteiger partial charge in [0, 0.05) is 12.5 Å². The number of rotatable bonds is 11. The van der Waals surface area contributed by atoms with Crippen LogP contribution in [0.5, 0.6) is 0 Å². The molecule has 3 N–H and O–H groups in total. The fraction of sp³-hybridized carbons (Fsp3) is 0.444. The van der Waals surface area contributed by atoms with E-state index in [2.05, 4.69) is 22.8 Å². The predicted molar refractivity (Wildman–Crippen MR) is 130 cm³/mol. The molecule has 34 heavy (non-hydrogen) atoms. The Kier molecular flexibility index (Phi) is 8.68. The average molecular weight is 467 g/mol. The van der Waals surface area contributed by atoms with Gasteiger partial charge >= 0.3 is 12.1 Å². The lowest BCUT2D eigenvalue weighted by Crippen LogP contribution is -2.49. The van der Waals surface area contributed by atoms with Crippen LogP contribution < -0.4 is 10.6 Å². The average Bonchev–Trinajstić information content (AvgIpc) is 3.13. The molecule has 0 saturated carbocycles. The van der Waals surface area contributed by atoms with Crippen LogP contribution >= 0.6 is 0 Å². The second-order valence-electron chi connectivity index (χ2n) is 9.10. The van der Waals surface area contributed by atoms with E-state index in [1.54, 1.807) is 13.8 Å². The molecule has 0 heterocycles. The van der Waals surface area contributed by atoms with Crippen molar-refractivity contribution in [2.24, 2.45) is 11.8 Å². The van der Waals surface area contributed by atoms with Crippen LogP contribution in [0.4, 0.5) is 4.79 Å². The van der Waals surface area contributed by atoms with Crippen molar-refractivity contribution < 1.29 is 24.2 Å². The monoisotopic (exact) mass is 466 g/mol. The maximum absolute atomic E-state index is 12.7. The number of nitrogens with one attached hydrogen (secondary N) is 2. The van der Waals surface area contributed by atoms with Gasteiger partial charge in [0.15, 0.2) is 0 Å². The number of fused-ring (bicyclic) bond motifs is 3. The molecular formula is C27H34N2O5. The predicted octanol–water partition coefficient (Wildman–Crippen LogP) is 4.56. The van der Waals surface area contributed by atoms with Gasteiger partial charge in [-0.05, 0) is 34.6 Å². The van der Waals surface area contributed by atoms with Crippen LogP contribution in [0.2, 0.25) is 0 Å². The Morgan fingerprint density at radius 1 is 1.00 bits per heavy atom. The van der Waals surface area contributed by atoms with Crippen LogP contribution in [0.1, 0.15) is 57.1 Å². The van der Waals surface area contributed by atoms with E-state index in [1.807, 2.05) is 43.3 Å². The summed E-state index contributed by atoms with van der Waals surface area (Å²) in [5.74, 6) is -2.23. The summed E-state index contributed by atoms with van der Waals surface area (Å²) in [4.78, 5) is 36.8. The number of amides is 2. The van der Waals surface area contributed by atoms with Crippen molar-refractivity contribution >= 4 is 18.0 Å². The summed E-state index contributed by atoms with van der Waals surface area (Å²) in [5.41, 5.74) is 4.52. The summed E-state index contributed by atoms with van der Waals surface area (Å²) in [6.45, 7) is 5.78. The van der Waals surface area contributed by atoms with Gasteiger partial charge in [0.2, 0.25) is 5.91 Å². The fourth-order valence-electron chi connectivity index (χ4n) is 4.40. The molecule has 0 aromatic heterocycles. The maximum Gasteiger partial charge on any atom is 0.407 e. The molecule has 7 heteroatoms. The number of hydrogen-bond donors (Lipinski definition) is 3. The first-order chi connectivity index (χ1) is 16.3. The molecule has 0 fully saturated rings. The molecule has 0 bridgehead atoms. The normalized spacial score (nSPS) is 14.1. The van der Waals surface area contributed by atoms with E-state index in [9.17, 15) is 19.5 Å². The van der Waals surface area contributed by atoms with Gasteiger partial charge in [0.1, 0.15) is 12.6 Å². The minimum Gasteiger partial charge on any atom is -0.481 e. The Bertz CT molecular complexity index is 974. The molecule has 2 atom stereocenters. The van der Waals surface area contributed by atoms with Gasteiger partial charge in [-0.2, -0.15) is 0 Å². The van der Waals surface area contributed by atoms with Gasteiger partial charge in [0.05, 0.1) is 5.92 Å². The van der Waals surface area contributed by atoms with E-state index < -0.39 is 29.9 Å². The molecule has 2 unspecified atom stereocenters. The lowest BCUT2D eigenvalue weighted by Gasteiger charge is -2.22. The topological polar surface area (TPSA) is 105 Å². The zero-order chi connectivity index (χ0) is 24.7. The Morgan fingerprint density at radius 3 is 2.12 bits per heavy atom. The lowest BCUT2D eigenvalue weighted by atomic mass is 9.96. The molecule has 1 aliphatic carbocycles. The van der Waals surface area contributed by atoms with Gasteiger partial charge in [-0.15, -0.1) is 0 Å². The van der Waals surface area contributed by atoms with Crippen LogP contribution in [0.25, 0.3) is 11.1 Å². The molecule has 2 aromatic rings. The van der Waals surface area contributed by atoms with Gasteiger partial charge in [-0.3, -0.25) is 9.59 Å². The summed E-state index contributed by atoms with van der Waals surface area (Å²) in [5, 5.41) is 14.7. The molecular weight excluding hydrogens is 432 g/mol. The molecule has 2 amide bonds. The van der Waals surface area contributed by atoms with Crippen molar-refractivity contribution in [2.45, 2.75) is 52.0 Å². The highest BCUT2D eigenvalue weighted by Crippen LogP contribution is 2.44. The first kappa shape index (κ1) is 25.3. The number of aliphatic carboxylic acids is 1. The number of alkyl carbamates (subject to hydrolysis) is 1. The molecule has 0 radical (unpaired) electrons. The van der Waals surface area contributed by atoms with Crippen LogP contribution in [0, 0.1) is 11.8 Å². The second kappa shape index (κ2) is 11.7. The summed E-state index contributed by atoms with van der Waals surface area (Å²) in [7, 11) is 0. The van der Waals surface area contributed by atoms with E-state index in [0.717, 1.165) is 35.1 Å². The third-order valence-corrected chi connectivity index (χ3v) is 6.42. The van der Waals surface area contributed by atoms with Crippen molar-refractivity contribution in [3.8, 4) is 11.1 Å². The zero-order valence-corrected chi connectivity index (χ0v) is 20.0. The summed E-state index contributed by atoms with van der Waals surface area (Å²) < 4.78 is 5.58. The van der Waals surface area contributed by atoms with E-state index in [1.165, 1.54) is 0 Å². The number of benzene rings is 2. The third kappa shape index (κ3) is 5.95. The molecule has 3 rings (SSSR count). The number of carbonyl (C=O) groups excluding carboxylic acids is 2. The minimum absolute atomic E-state index is 0.0147. The second-order valence-corrected chi connectivity index (χ2v) is 9.10. The van der Waals surface area contributed by atoms with Crippen LogP contribution in [0.15, 0.2) is 48.5 Å². The Hall–Kier alpha value is -3.35. The molecule has 182 valence electrons. The number of carbonyl (C=O) groups is 3. The SMILES string of the molecule is CCCCC(NC(=O)OCC1c2ccccc2-c2ccccc21)C(=O)NCC(C(=O)O)C(C)C. The summed E-state index contributed by atoms with van der Waals surface area (Å²) in [6.07, 6.45) is 1.40. The van der Waals surface area contributed by atoms with E-state index in [0.29, 0.717) is 6.42 Å². The van der Waals surface area contributed by atoms with Crippen molar-refractivity contribution in [3.05, 3.63) is 59.7 Å². The smallest absolute Gasteiger partial charge is 0.407 e. The van der Waals surface area contributed by atoms with Gasteiger partial charge in [-0.1, -0.05) is 82.1 Å². The Labute approximate surface area is 200 Å². The molecule has 7 nitrogen and oxygen atoms in total. The zero-order valence-electron chi connectivity index (χ0n) is 20.0. The van der Waals surface area contributed by atoms with Crippen molar-refractivity contribution in [1.82, 2.24) is 10.6 Å². The first-order valence-corrected chi connectivity index (χ1v) is 12.0. The largest absolute Gasteiger partial charge is 0.481 e. The molecule has 1 aliphatic rings. The molecule has 0 aliphatic heterocycles. The van der Waals surface area contributed by atoms with Crippen LogP contribution in [-0.4, -0.2) is 42.3 Å². The van der Waals surface area contributed by atoms with E-state index in [-0.39, 0.29) is 25.0 Å². The number of ether oxygens (including phenoxy) is 1. The maximum atomic E-state index is 12.7. The highest BCUT2D eigenvalue weighted by molar-refractivity contribution is 5.86. The Morgan fingerprint density at radius 2 is 1.59 bits per heavy atom. The van der Waals surface area contributed by atoms with E-state index >= 15 is 0 Å². The summed E-state index contributed by atoms with van der Waals surface area (Å²) >= 11 is 0. The number of hydrogen-bond acceptors (Lipinski definition) is 4. The Balaban J connectivity index is 1.62. The number of carboxylic acids is 1. The molecule has 0 saturated heterocycles. The highest BCUT2D eigenvalue weighted by Gasteiger charge is 2.30. The fourth-order valence-corrected chi connectivity index (χ4v) is 4.40. The highest BCUT2D eigenvalue weighted by atomic mass is 16.5. The quantitative estimate of drug-likeness (QED) is 0.450. The van der Waals surface area contributed by atoms with Gasteiger partial charge in [0.25, 0.3) is 0 Å². The van der Waals surface area contributed by atoms with Crippen LogP contribution in [-0.2, 0) is 14.3 Å².